The van der Waals surface area contributed by atoms with Gasteiger partial charge in [-0.2, -0.15) is 0 Å². The molecule has 0 bridgehead atoms. The van der Waals surface area contributed by atoms with Gasteiger partial charge in [-0.1, -0.05) is 26.0 Å². The molecule has 0 aliphatic carbocycles. The van der Waals surface area contributed by atoms with Crippen LogP contribution >= 0.6 is 0 Å². The van der Waals surface area contributed by atoms with Crippen LogP contribution in [-0.2, 0) is 4.79 Å². The number of methoxy groups -OCH3 is 1. The van der Waals surface area contributed by atoms with Gasteiger partial charge in [0.15, 0.2) is 0 Å². The summed E-state index contributed by atoms with van der Waals surface area (Å²) in [5.74, 6) is -1.01. The number of ether oxygens (including phenoxy) is 1. The van der Waals surface area contributed by atoms with Crippen molar-refractivity contribution in [2.24, 2.45) is 5.92 Å². The first-order valence-electron chi connectivity index (χ1n) is 9.63. The molecule has 2 heterocycles. The van der Waals surface area contributed by atoms with Crippen molar-refractivity contribution in [3.05, 3.63) is 65.9 Å². The lowest BCUT2D eigenvalue weighted by Gasteiger charge is -2.28. The monoisotopic (exact) mass is 403 g/mol. The molecule has 0 spiro atoms. The SMILES string of the molecule is COc1ccc(NC(=O)[C@H](C(C)C)N2C(=O)c3ccccc3C2=O)c2ncccc12. The van der Waals surface area contributed by atoms with Crippen LogP contribution in [0.1, 0.15) is 34.6 Å². The summed E-state index contributed by atoms with van der Waals surface area (Å²) in [5.41, 5.74) is 1.68. The predicted octanol–water partition coefficient (Wildman–Crippen LogP) is 3.50. The second-order valence-electron chi connectivity index (χ2n) is 7.42. The number of hydrogen-bond donors (Lipinski definition) is 1. The average molecular weight is 403 g/mol. The number of pyridine rings is 1. The maximum atomic E-state index is 13.3. The van der Waals surface area contributed by atoms with E-state index in [0.29, 0.717) is 28.1 Å². The molecule has 0 fully saturated rings. The van der Waals surface area contributed by atoms with Crippen molar-refractivity contribution in [2.45, 2.75) is 19.9 Å². The molecule has 0 saturated carbocycles. The molecular weight excluding hydrogens is 382 g/mol. The fourth-order valence-electron chi connectivity index (χ4n) is 3.81. The Morgan fingerprint density at radius 2 is 1.67 bits per heavy atom. The molecule has 1 N–H and O–H groups in total. The number of nitrogens with one attached hydrogen (secondary N) is 1. The van der Waals surface area contributed by atoms with Crippen LogP contribution in [0.5, 0.6) is 5.75 Å². The average Bonchev–Trinajstić information content (AvgIpc) is 2.99. The number of nitrogens with zero attached hydrogens (tertiary/aromatic N) is 2. The van der Waals surface area contributed by atoms with Crippen molar-refractivity contribution in [3.63, 3.8) is 0 Å². The number of rotatable bonds is 5. The van der Waals surface area contributed by atoms with Gasteiger partial charge in [0.2, 0.25) is 5.91 Å². The van der Waals surface area contributed by atoms with E-state index < -0.39 is 23.8 Å². The Morgan fingerprint density at radius 3 is 2.27 bits per heavy atom. The number of carbonyl (C=O) groups is 3. The minimum Gasteiger partial charge on any atom is -0.496 e. The third-order valence-electron chi connectivity index (χ3n) is 5.21. The van der Waals surface area contributed by atoms with Gasteiger partial charge in [0, 0.05) is 11.6 Å². The van der Waals surface area contributed by atoms with Crippen molar-refractivity contribution in [3.8, 4) is 5.75 Å². The van der Waals surface area contributed by atoms with Crippen molar-refractivity contribution < 1.29 is 19.1 Å². The van der Waals surface area contributed by atoms with Gasteiger partial charge in [0.05, 0.1) is 29.4 Å². The summed E-state index contributed by atoms with van der Waals surface area (Å²) in [6.45, 7) is 3.61. The van der Waals surface area contributed by atoms with Crippen molar-refractivity contribution in [2.75, 3.05) is 12.4 Å². The van der Waals surface area contributed by atoms with Gasteiger partial charge in [-0.3, -0.25) is 24.3 Å². The fraction of sp³-hybridized carbons (Fsp3) is 0.217. The van der Waals surface area contributed by atoms with Gasteiger partial charge >= 0.3 is 0 Å². The second-order valence-corrected chi connectivity index (χ2v) is 7.42. The van der Waals surface area contributed by atoms with Crippen LogP contribution < -0.4 is 10.1 Å². The maximum absolute atomic E-state index is 13.3. The van der Waals surface area contributed by atoms with Gasteiger partial charge in [-0.05, 0) is 42.3 Å². The molecule has 7 nitrogen and oxygen atoms in total. The zero-order valence-electron chi connectivity index (χ0n) is 16.9. The Bertz CT molecular complexity index is 1140. The third kappa shape index (κ3) is 3.08. The van der Waals surface area contributed by atoms with Crippen LogP contribution in [0.4, 0.5) is 5.69 Å². The summed E-state index contributed by atoms with van der Waals surface area (Å²) < 4.78 is 5.37. The fourth-order valence-corrected chi connectivity index (χ4v) is 3.81. The molecule has 152 valence electrons. The first-order chi connectivity index (χ1) is 14.4. The van der Waals surface area contributed by atoms with E-state index in [1.54, 1.807) is 69.6 Å². The summed E-state index contributed by atoms with van der Waals surface area (Å²) in [5, 5.41) is 3.61. The molecule has 1 atom stereocenters. The first kappa shape index (κ1) is 19.6. The second kappa shape index (κ2) is 7.59. The Kier molecular flexibility index (Phi) is 4.95. The Balaban J connectivity index is 1.69. The normalized spacial score (nSPS) is 14.2. The van der Waals surface area contributed by atoms with Gasteiger partial charge in [0.25, 0.3) is 11.8 Å². The van der Waals surface area contributed by atoms with E-state index in [2.05, 4.69) is 10.3 Å². The summed E-state index contributed by atoms with van der Waals surface area (Å²) in [7, 11) is 1.57. The highest BCUT2D eigenvalue weighted by Crippen LogP contribution is 2.31. The molecule has 1 aliphatic rings. The molecule has 7 heteroatoms. The van der Waals surface area contributed by atoms with Crippen molar-refractivity contribution in [1.82, 2.24) is 9.88 Å². The smallest absolute Gasteiger partial charge is 0.262 e. The standard InChI is InChI=1S/C23H21N3O4/c1-13(2)20(26-22(28)14-7-4-5-8-15(14)23(26)29)21(27)25-17-10-11-18(30-3)16-9-6-12-24-19(16)17/h4-13,20H,1-3H3,(H,25,27)/t20-/m0/s1. The van der Waals surface area contributed by atoms with E-state index in [-0.39, 0.29) is 5.92 Å². The molecule has 1 aliphatic heterocycles. The summed E-state index contributed by atoms with van der Waals surface area (Å²) in [4.78, 5) is 44.5. The Morgan fingerprint density at radius 1 is 1.00 bits per heavy atom. The highest BCUT2D eigenvalue weighted by molar-refractivity contribution is 6.23. The zero-order chi connectivity index (χ0) is 21.4. The van der Waals surface area contributed by atoms with Crippen LogP contribution in [0.25, 0.3) is 10.9 Å². The molecule has 30 heavy (non-hydrogen) atoms. The predicted molar refractivity (Wildman–Crippen MR) is 112 cm³/mol. The topological polar surface area (TPSA) is 88.6 Å². The first-order valence-corrected chi connectivity index (χ1v) is 9.63. The summed E-state index contributed by atoms with van der Waals surface area (Å²) >= 11 is 0. The Hall–Kier alpha value is -3.74. The maximum Gasteiger partial charge on any atom is 0.262 e. The van der Waals surface area contributed by atoms with E-state index in [1.807, 2.05) is 6.07 Å². The number of imide groups is 1. The molecule has 3 aromatic rings. The van der Waals surface area contributed by atoms with Crippen molar-refractivity contribution in [1.29, 1.82) is 0 Å². The van der Waals surface area contributed by atoms with E-state index in [1.165, 1.54) is 0 Å². The minimum absolute atomic E-state index is 0.287. The molecule has 0 saturated heterocycles. The largest absolute Gasteiger partial charge is 0.496 e. The number of carbonyl (C=O) groups excluding carboxylic acids is 3. The van der Waals surface area contributed by atoms with Crippen LogP contribution in [0, 0.1) is 5.92 Å². The van der Waals surface area contributed by atoms with Gasteiger partial charge in [-0.15, -0.1) is 0 Å². The molecule has 4 rings (SSSR count). The molecule has 0 radical (unpaired) electrons. The van der Waals surface area contributed by atoms with Crippen molar-refractivity contribution >= 4 is 34.3 Å². The molecule has 2 aromatic carbocycles. The number of hydrogen-bond acceptors (Lipinski definition) is 5. The summed E-state index contributed by atoms with van der Waals surface area (Å²) in [6.07, 6.45) is 1.63. The van der Waals surface area contributed by atoms with Gasteiger partial charge < -0.3 is 10.1 Å². The van der Waals surface area contributed by atoms with Crippen LogP contribution in [0.15, 0.2) is 54.7 Å². The number of amides is 3. The molecule has 1 aromatic heterocycles. The lowest BCUT2D eigenvalue weighted by Crippen LogP contribution is -2.50. The quantitative estimate of drug-likeness (QED) is 0.659. The molecule has 3 amide bonds. The number of aromatic nitrogens is 1. The van der Waals surface area contributed by atoms with Gasteiger partial charge in [0.1, 0.15) is 11.8 Å². The third-order valence-corrected chi connectivity index (χ3v) is 5.21. The molecular formula is C23H21N3O4. The number of anilines is 1. The lowest BCUT2D eigenvalue weighted by atomic mass is 10.0. The van der Waals surface area contributed by atoms with E-state index in [0.717, 1.165) is 10.3 Å². The minimum atomic E-state index is -0.960. The van der Waals surface area contributed by atoms with E-state index >= 15 is 0 Å². The highest BCUT2D eigenvalue weighted by atomic mass is 16.5. The van der Waals surface area contributed by atoms with E-state index in [4.69, 9.17) is 4.74 Å². The zero-order valence-corrected chi connectivity index (χ0v) is 16.9. The van der Waals surface area contributed by atoms with Crippen LogP contribution in [0.2, 0.25) is 0 Å². The van der Waals surface area contributed by atoms with Crippen LogP contribution in [0.3, 0.4) is 0 Å². The highest BCUT2D eigenvalue weighted by Gasteiger charge is 2.44. The van der Waals surface area contributed by atoms with Gasteiger partial charge in [-0.25, -0.2) is 0 Å². The Labute approximate surface area is 173 Å². The molecule has 0 unspecified atom stereocenters. The number of fused-ring (bicyclic) bond motifs is 2. The van der Waals surface area contributed by atoms with Crippen LogP contribution in [-0.4, -0.2) is 40.8 Å². The summed E-state index contributed by atoms with van der Waals surface area (Å²) in [6, 6.07) is 12.7. The number of benzene rings is 2. The lowest BCUT2D eigenvalue weighted by molar-refractivity contribution is -0.121. The van der Waals surface area contributed by atoms with E-state index in [9.17, 15) is 14.4 Å².